The molecule has 1 aliphatic rings. The molecular formula is C15H18N2O4. The molecule has 1 unspecified atom stereocenters. The molecule has 0 radical (unpaired) electrons. The number of rotatable bonds is 5. The van der Waals surface area contributed by atoms with Gasteiger partial charge >= 0.3 is 0 Å². The standard InChI is InChI=1S/C15H18N2O4/c18-10-13(19)8-16-14(20)12-6-7-17(9-12)15(21)11-4-2-1-3-5-11/h1-5,10,12-13,19H,6-9H2,(H,16,20)/t12-,13?/m0/s1. The van der Waals surface area contributed by atoms with Crippen molar-refractivity contribution in [3.05, 3.63) is 35.9 Å². The number of nitrogens with zero attached hydrogens (tertiary/aromatic N) is 1. The number of hydrogen-bond acceptors (Lipinski definition) is 4. The Morgan fingerprint density at radius 3 is 2.76 bits per heavy atom. The smallest absolute Gasteiger partial charge is 0.253 e. The molecule has 1 aromatic carbocycles. The molecule has 0 saturated carbocycles. The van der Waals surface area contributed by atoms with Crippen LogP contribution >= 0.6 is 0 Å². The van der Waals surface area contributed by atoms with Crippen LogP contribution in [-0.2, 0) is 9.59 Å². The molecule has 0 spiro atoms. The lowest BCUT2D eigenvalue weighted by Gasteiger charge is -2.16. The van der Waals surface area contributed by atoms with Crippen LogP contribution in [0, 0.1) is 5.92 Å². The average molecular weight is 290 g/mol. The van der Waals surface area contributed by atoms with Crippen LogP contribution in [0.25, 0.3) is 0 Å². The fraction of sp³-hybridized carbons (Fsp3) is 0.400. The number of hydrogen-bond donors (Lipinski definition) is 2. The van der Waals surface area contributed by atoms with Gasteiger partial charge in [-0.15, -0.1) is 0 Å². The van der Waals surface area contributed by atoms with Crippen molar-refractivity contribution >= 4 is 18.1 Å². The Balaban J connectivity index is 1.87. The van der Waals surface area contributed by atoms with Crippen LogP contribution in [0.4, 0.5) is 0 Å². The van der Waals surface area contributed by atoms with E-state index in [1.54, 1.807) is 29.2 Å². The van der Waals surface area contributed by atoms with Gasteiger partial charge in [0.1, 0.15) is 12.4 Å². The van der Waals surface area contributed by atoms with Crippen molar-refractivity contribution in [3.8, 4) is 0 Å². The van der Waals surface area contributed by atoms with Crippen LogP contribution in [0.3, 0.4) is 0 Å². The molecule has 2 atom stereocenters. The van der Waals surface area contributed by atoms with Gasteiger partial charge in [-0.2, -0.15) is 0 Å². The SMILES string of the molecule is O=CC(O)CNC(=O)[C@H]1CCN(C(=O)c2ccccc2)C1. The molecule has 112 valence electrons. The summed E-state index contributed by atoms with van der Waals surface area (Å²) in [6.45, 7) is 0.796. The van der Waals surface area contributed by atoms with E-state index in [0.29, 0.717) is 31.4 Å². The van der Waals surface area contributed by atoms with E-state index in [1.165, 1.54) is 0 Å². The first kappa shape index (κ1) is 15.2. The van der Waals surface area contributed by atoms with Crippen molar-refractivity contribution in [2.45, 2.75) is 12.5 Å². The van der Waals surface area contributed by atoms with Gasteiger partial charge in [-0.25, -0.2) is 0 Å². The molecule has 0 aliphatic carbocycles. The third kappa shape index (κ3) is 3.88. The lowest BCUT2D eigenvalue weighted by molar-refractivity contribution is -0.125. The summed E-state index contributed by atoms with van der Waals surface area (Å²) in [4.78, 5) is 36.1. The van der Waals surface area contributed by atoms with E-state index in [1.807, 2.05) is 6.07 Å². The lowest BCUT2D eigenvalue weighted by Crippen LogP contribution is -2.38. The Hall–Kier alpha value is -2.21. The first-order valence-electron chi connectivity index (χ1n) is 6.87. The molecule has 1 saturated heterocycles. The molecule has 2 rings (SSSR count). The normalized spacial score (nSPS) is 19.1. The van der Waals surface area contributed by atoms with Crippen molar-refractivity contribution in [1.29, 1.82) is 0 Å². The first-order chi connectivity index (χ1) is 10.1. The van der Waals surface area contributed by atoms with Gasteiger partial charge in [0.05, 0.1) is 12.5 Å². The summed E-state index contributed by atoms with van der Waals surface area (Å²) < 4.78 is 0. The maximum Gasteiger partial charge on any atom is 0.253 e. The van der Waals surface area contributed by atoms with E-state index >= 15 is 0 Å². The van der Waals surface area contributed by atoms with Crippen LogP contribution in [-0.4, -0.2) is 53.8 Å². The minimum atomic E-state index is -1.18. The Labute approximate surface area is 122 Å². The summed E-state index contributed by atoms with van der Waals surface area (Å²) in [6, 6.07) is 8.93. The summed E-state index contributed by atoms with van der Waals surface area (Å²) in [5.41, 5.74) is 0.606. The van der Waals surface area contributed by atoms with Crippen LogP contribution in [0.15, 0.2) is 30.3 Å². The van der Waals surface area contributed by atoms with Gasteiger partial charge in [-0.1, -0.05) is 18.2 Å². The van der Waals surface area contributed by atoms with Crippen molar-refractivity contribution in [3.63, 3.8) is 0 Å². The highest BCUT2D eigenvalue weighted by Gasteiger charge is 2.31. The largest absolute Gasteiger partial charge is 0.384 e. The summed E-state index contributed by atoms with van der Waals surface area (Å²) in [5.74, 6) is -0.616. The van der Waals surface area contributed by atoms with E-state index in [9.17, 15) is 14.4 Å². The number of aliphatic hydroxyl groups is 1. The molecule has 1 aliphatic heterocycles. The minimum Gasteiger partial charge on any atom is -0.384 e. The first-order valence-corrected chi connectivity index (χ1v) is 6.87. The third-order valence-corrected chi connectivity index (χ3v) is 3.51. The summed E-state index contributed by atoms with van der Waals surface area (Å²) in [5, 5.41) is 11.6. The van der Waals surface area contributed by atoms with Crippen LogP contribution in [0.5, 0.6) is 0 Å². The van der Waals surface area contributed by atoms with Crippen LogP contribution < -0.4 is 5.32 Å². The number of carbonyl (C=O) groups is 3. The maximum atomic E-state index is 12.2. The topological polar surface area (TPSA) is 86.7 Å². The summed E-state index contributed by atoms with van der Waals surface area (Å²) in [7, 11) is 0. The Morgan fingerprint density at radius 2 is 2.10 bits per heavy atom. The molecule has 6 nitrogen and oxygen atoms in total. The molecular weight excluding hydrogens is 272 g/mol. The highest BCUT2D eigenvalue weighted by molar-refractivity contribution is 5.95. The third-order valence-electron chi connectivity index (χ3n) is 3.51. The van der Waals surface area contributed by atoms with Gasteiger partial charge in [0, 0.05) is 18.7 Å². The lowest BCUT2D eigenvalue weighted by atomic mass is 10.1. The second-order valence-corrected chi connectivity index (χ2v) is 5.05. The van der Waals surface area contributed by atoms with E-state index in [2.05, 4.69) is 5.32 Å². The van der Waals surface area contributed by atoms with Gasteiger partial charge < -0.3 is 20.1 Å². The quantitative estimate of drug-likeness (QED) is 0.737. The number of nitrogens with one attached hydrogen (secondary N) is 1. The van der Waals surface area contributed by atoms with Crippen LogP contribution in [0.2, 0.25) is 0 Å². The van der Waals surface area contributed by atoms with Gasteiger partial charge in [-0.05, 0) is 18.6 Å². The second-order valence-electron chi connectivity index (χ2n) is 5.05. The summed E-state index contributed by atoms with van der Waals surface area (Å²) in [6.07, 6.45) is -0.223. The Morgan fingerprint density at radius 1 is 1.38 bits per heavy atom. The number of carbonyl (C=O) groups excluding carboxylic acids is 3. The molecule has 2 N–H and O–H groups in total. The van der Waals surface area contributed by atoms with Crippen molar-refractivity contribution in [1.82, 2.24) is 10.2 Å². The van der Waals surface area contributed by atoms with Crippen molar-refractivity contribution in [2.75, 3.05) is 19.6 Å². The van der Waals surface area contributed by atoms with Gasteiger partial charge in [-0.3, -0.25) is 9.59 Å². The summed E-state index contributed by atoms with van der Waals surface area (Å²) >= 11 is 0. The number of aldehydes is 1. The van der Waals surface area contributed by atoms with E-state index in [-0.39, 0.29) is 24.3 Å². The number of amides is 2. The monoisotopic (exact) mass is 290 g/mol. The minimum absolute atomic E-state index is 0.0844. The number of benzene rings is 1. The zero-order valence-corrected chi connectivity index (χ0v) is 11.6. The predicted molar refractivity (Wildman–Crippen MR) is 75.5 cm³/mol. The van der Waals surface area contributed by atoms with Crippen molar-refractivity contribution < 1.29 is 19.5 Å². The van der Waals surface area contributed by atoms with E-state index in [4.69, 9.17) is 5.11 Å². The molecule has 1 fully saturated rings. The molecule has 0 aromatic heterocycles. The van der Waals surface area contributed by atoms with Gasteiger partial charge in [0.2, 0.25) is 5.91 Å². The maximum absolute atomic E-state index is 12.2. The molecule has 21 heavy (non-hydrogen) atoms. The predicted octanol–water partition coefficient (Wildman–Crippen LogP) is -0.175. The second kappa shape index (κ2) is 6.99. The highest BCUT2D eigenvalue weighted by atomic mass is 16.3. The molecule has 6 heteroatoms. The number of likely N-dealkylation sites (tertiary alicyclic amines) is 1. The Bertz CT molecular complexity index is 518. The van der Waals surface area contributed by atoms with Crippen LogP contribution in [0.1, 0.15) is 16.8 Å². The van der Waals surface area contributed by atoms with Gasteiger partial charge in [0.25, 0.3) is 5.91 Å². The molecule has 1 aromatic rings. The highest BCUT2D eigenvalue weighted by Crippen LogP contribution is 2.18. The molecule has 1 heterocycles. The number of aliphatic hydroxyl groups excluding tert-OH is 1. The molecule has 0 bridgehead atoms. The zero-order chi connectivity index (χ0) is 15.2. The average Bonchev–Trinajstić information content (AvgIpc) is 3.02. The molecule has 2 amide bonds. The fourth-order valence-corrected chi connectivity index (χ4v) is 2.32. The van der Waals surface area contributed by atoms with E-state index < -0.39 is 6.10 Å². The van der Waals surface area contributed by atoms with Crippen molar-refractivity contribution in [2.24, 2.45) is 5.92 Å². The fourth-order valence-electron chi connectivity index (χ4n) is 2.32. The van der Waals surface area contributed by atoms with E-state index in [0.717, 1.165) is 0 Å². The zero-order valence-electron chi connectivity index (χ0n) is 11.6. The Kier molecular flexibility index (Phi) is 5.05. The van der Waals surface area contributed by atoms with Gasteiger partial charge in [0.15, 0.2) is 0 Å².